The molecule has 1 aromatic carbocycles. The van der Waals surface area contributed by atoms with Crippen molar-refractivity contribution < 1.29 is 22.7 Å². The Kier molecular flexibility index (Phi) is 12.3. The number of carbonyl (C=O) groups is 1. The van der Waals surface area contributed by atoms with Crippen molar-refractivity contribution in [2.75, 3.05) is 49.4 Å². The van der Waals surface area contributed by atoms with Crippen LogP contribution >= 0.6 is 11.8 Å². The number of nitrogen functional groups attached to an aromatic ring is 1. The lowest BCUT2D eigenvalue weighted by atomic mass is 10.1. The molecule has 2 aromatic rings. The molecule has 0 aliphatic carbocycles. The van der Waals surface area contributed by atoms with Crippen LogP contribution < -0.4 is 21.7 Å². The molecule has 0 saturated heterocycles. The highest BCUT2D eigenvalue weighted by atomic mass is 32.2. The van der Waals surface area contributed by atoms with Gasteiger partial charge in [-0.1, -0.05) is 13.5 Å². The van der Waals surface area contributed by atoms with E-state index >= 15 is 0 Å². The quantitative estimate of drug-likeness (QED) is 0.190. The van der Waals surface area contributed by atoms with Crippen molar-refractivity contribution in [2.45, 2.75) is 37.5 Å². The second kappa shape index (κ2) is 14.3. The molecule has 1 amide bonds. The van der Waals surface area contributed by atoms with Crippen molar-refractivity contribution >= 4 is 35.1 Å². The van der Waals surface area contributed by atoms with E-state index in [4.69, 9.17) is 10.5 Å². The lowest BCUT2D eigenvalue weighted by Gasteiger charge is -2.21. The third kappa shape index (κ3) is 9.23. The van der Waals surface area contributed by atoms with Crippen LogP contribution in [0.3, 0.4) is 0 Å². The molecule has 0 fully saturated rings. The van der Waals surface area contributed by atoms with Gasteiger partial charge in [0.15, 0.2) is 5.82 Å². The zero-order chi connectivity index (χ0) is 25.1. The summed E-state index contributed by atoms with van der Waals surface area (Å²) in [4.78, 5) is 21.1. The van der Waals surface area contributed by atoms with Gasteiger partial charge in [0, 0.05) is 19.3 Å². The van der Waals surface area contributed by atoms with Gasteiger partial charge >= 0.3 is 6.18 Å². The molecule has 1 aromatic heterocycles. The van der Waals surface area contributed by atoms with E-state index in [9.17, 15) is 23.2 Å². The van der Waals surface area contributed by atoms with Crippen molar-refractivity contribution in [3.05, 3.63) is 35.4 Å². The van der Waals surface area contributed by atoms with E-state index in [1.807, 2.05) is 6.07 Å². The number of halogens is 3. The van der Waals surface area contributed by atoms with Crippen molar-refractivity contribution in [1.29, 1.82) is 5.26 Å². The smallest absolute Gasteiger partial charge is 0.383 e. The molecule has 35 heavy (non-hydrogen) atoms. The van der Waals surface area contributed by atoms with Crippen LogP contribution in [0.2, 0.25) is 0 Å². The van der Waals surface area contributed by atoms with Crippen LogP contribution in [0.15, 0.2) is 29.3 Å². The number of nitrogens with two attached hydrogens (primary N) is 1. The molecule has 1 heterocycles. The number of benzene rings is 1. The summed E-state index contributed by atoms with van der Waals surface area (Å²) in [5.41, 5.74) is 4.99. The second-order valence-corrected chi connectivity index (χ2v) is 7.87. The monoisotopic (exact) mass is 513 g/mol. The van der Waals surface area contributed by atoms with Crippen molar-refractivity contribution in [3.63, 3.8) is 0 Å². The number of amides is 1. The molecular formula is C22H30F3N7O2S. The normalized spacial score (nSPS) is 11.8. The summed E-state index contributed by atoms with van der Waals surface area (Å²) in [7, 11) is 1.59. The lowest BCUT2D eigenvalue weighted by Crippen LogP contribution is -2.36. The number of aromatic nitrogens is 2. The predicted molar refractivity (Wildman–Crippen MR) is 131 cm³/mol. The first-order valence-corrected chi connectivity index (χ1v) is 11.5. The molecule has 9 nitrogen and oxygen atoms in total. The van der Waals surface area contributed by atoms with E-state index < -0.39 is 23.7 Å². The largest absolute Gasteiger partial charge is 0.416 e. The first kappa shape index (κ1) is 30.0. The maximum atomic E-state index is 13.0. The van der Waals surface area contributed by atoms with Crippen molar-refractivity contribution in [1.82, 2.24) is 15.3 Å². The molecule has 0 aliphatic rings. The molecule has 0 aliphatic heterocycles. The molecule has 192 valence electrons. The molecule has 1 atom stereocenters. The molecule has 0 spiro atoms. The highest BCUT2D eigenvalue weighted by molar-refractivity contribution is 7.98. The Hall–Kier alpha value is -3.08. The van der Waals surface area contributed by atoms with Crippen LogP contribution in [-0.4, -0.2) is 55.0 Å². The van der Waals surface area contributed by atoms with Gasteiger partial charge in [0.2, 0.25) is 11.9 Å². The van der Waals surface area contributed by atoms with Crippen LogP contribution in [0, 0.1) is 11.3 Å². The zero-order valence-electron chi connectivity index (χ0n) is 18.7. The van der Waals surface area contributed by atoms with Gasteiger partial charge in [-0.25, -0.2) is 4.98 Å². The van der Waals surface area contributed by atoms with Crippen LogP contribution in [0.4, 0.5) is 30.6 Å². The number of nitrogens with zero attached hydrogens (tertiary/aromatic N) is 3. The molecular weight excluding hydrogens is 483 g/mol. The molecule has 13 heteroatoms. The molecule has 2 rings (SSSR count). The van der Waals surface area contributed by atoms with Gasteiger partial charge in [-0.05, 0) is 43.8 Å². The van der Waals surface area contributed by atoms with Gasteiger partial charge in [0.05, 0.1) is 12.2 Å². The van der Waals surface area contributed by atoms with Gasteiger partial charge in [-0.3, -0.25) is 4.79 Å². The number of hydrogen-bond acceptors (Lipinski definition) is 9. The standard InChI is InChI=1S/C21H26F3N7O2S.CH4/c1-33-10-9-27-8-4-7-16(29-17-15(12-25)19(34-2)31-20(26)30-17)18(32)28-14-6-3-5-13(11-14)21(22,23)24;/h3,5-6,11,16,27H,4,7-10H2,1-2H3,(H,28,32)(H3,26,29,30,31);1H4/t16-;/m0./s1. The summed E-state index contributed by atoms with van der Waals surface area (Å²) in [5, 5.41) is 18.5. The minimum Gasteiger partial charge on any atom is -0.383 e. The summed E-state index contributed by atoms with van der Waals surface area (Å²) < 4.78 is 44.1. The molecule has 5 N–H and O–H groups in total. The number of ether oxygens (including phenoxy) is 1. The first-order chi connectivity index (χ1) is 16.2. The number of thioether (sulfide) groups is 1. The van der Waals surface area contributed by atoms with E-state index in [1.54, 1.807) is 13.4 Å². The molecule has 0 bridgehead atoms. The SMILES string of the molecule is C.COCCNCCC[C@H](Nc1nc(N)nc(SC)c1C#N)C(=O)Nc1cccc(C(F)(F)F)c1. The number of methoxy groups -OCH3 is 1. The third-order valence-electron chi connectivity index (χ3n) is 4.61. The predicted octanol–water partition coefficient (Wildman–Crippen LogP) is 3.74. The van der Waals surface area contributed by atoms with Gasteiger partial charge in [-0.15, -0.1) is 11.8 Å². The summed E-state index contributed by atoms with van der Waals surface area (Å²) in [6.45, 7) is 1.73. The Morgan fingerprint density at radius 1 is 1.31 bits per heavy atom. The fourth-order valence-electron chi connectivity index (χ4n) is 2.98. The number of anilines is 3. The Balaban J connectivity index is 0.00000612. The van der Waals surface area contributed by atoms with Crippen molar-refractivity contribution in [3.8, 4) is 6.07 Å². The number of rotatable bonds is 12. The van der Waals surface area contributed by atoms with E-state index in [-0.39, 0.29) is 30.4 Å². The number of hydrogen-bond donors (Lipinski definition) is 4. The average molecular weight is 514 g/mol. The van der Waals surface area contributed by atoms with E-state index in [1.165, 1.54) is 23.9 Å². The first-order valence-electron chi connectivity index (χ1n) is 10.3. The van der Waals surface area contributed by atoms with Crippen LogP contribution in [0.1, 0.15) is 31.4 Å². The number of nitriles is 1. The van der Waals surface area contributed by atoms with Gasteiger partial charge in [-0.2, -0.15) is 23.4 Å². The van der Waals surface area contributed by atoms with E-state index in [0.717, 1.165) is 12.1 Å². The van der Waals surface area contributed by atoms with Crippen molar-refractivity contribution in [2.24, 2.45) is 0 Å². The van der Waals surface area contributed by atoms with Crippen LogP contribution in [0.5, 0.6) is 0 Å². The van der Waals surface area contributed by atoms with Crippen LogP contribution in [0.25, 0.3) is 0 Å². The molecule has 0 unspecified atom stereocenters. The summed E-state index contributed by atoms with van der Waals surface area (Å²) >= 11 is 1.20. The Morgan fingerprint density at radius 3 is 2.69 bits per heavy atom. The number of carbonyl (C=O) groups excluding carboxylic acids is 1. The van der Waals surface area contributed by atoms with Gasteiger partial charge in [0.25, 0.3) is 0 Å². The second-order valence-electron chi connectivity index (χ2n) is 7.08. The Labute approximate surface area is 207 Å². The fraction of sp³-hybridized carbons (Fsp3) is 0.455. The summed E-state index contributed by atoms with van der Waals surface area (Å²) in [6.07, 6.45) is -1.97. The third-order valence-corrected chi connectivity index (χ3v) is 5.29. The zero-order valence-corrected chi connectivity index (χ0v) is 19.5. The Bertz CT molecular complexity index is 1020. The fourth-order valence-corrected chi connectivity index (χ4v) is 3.51. The minimum absolute atomic E-state index is 0. The van der Waals surface area contributed by atoms with E-state index in [0.29, 0.717) is 37.6 Å². The van der Waals surface area contributed by atoms with E-state index in [2.05, 4.69) is 25.9 Å². The highest BCUT2D eigenvalue weighted by Crippen LogP contribution is 2.31. The lowest BCUT2D eigenvalue weighted by molar-refractivity contribution is -0.137. The molecule has 0 saturated carbocycles. The minimum atomic E-state index is -4.54. The van der Waals surface area contributed by atoms with Gasteiger partial charge in [0.1, 0.15) is 22.7 Å². The maximum Gasteiger partial charge on any atom is 0.416 e. The average Bonchev–Trinajstić information content (AvgIpc) is 2.79. The topological polar surface area (TPSA) is 138 Å². The number of nitrogens with one attached hydrogen (secondary N) is 3. The number of alkyl halides is 3. The maximum absolute atomic E-state index is 13.0. The summed E-state index contributed by atoms with van der Waals surface area (Å²) in [5.74, 6) is -0.581. The molecule has 0 radical (unpaired) electrons. The highest BCUT2D eigenvalue weighted by Gasteiger charge is 2.31. The van der Waals surface area contributed by atoms with Crippen LogP contribution in [-0.2, 0) is 15.7 Å². The van der Waals surface area contributed by atoms with Gasteiger partial charge < -0.3 is 26.4 Å². The summed E-state index contributed by atoms with van der Waals surface area (Å²) in [6, 6.07) is 5.45. The Morgan fingerprint density at radius 2 is 2.06 bits per heavy atom.